The molecule has 140 valence electrons. The third-order valence-corrected chi connectivity index (χ3v) is 6.94. The molecule has 0 radical (unpaired) electrons. The molecule has 2 aromatic rings. The molecule has 0 fully saturated rings. The number of methoxy groups -OCH3 is 1. The Morgan fingerprint density at radius 1 is 1.08 bits per heavy atom. The van der Waals surface area contributed by atoms with Gasteiger partial charge in [0, 0.05) is 21.8 Å². The number of aryl methyl sites for hydroxylation is 1. The lowest BCUT2D eigenvalue weighted by Crippen LogP contribution is -2.23. The number of carbonyl (C=O) groups excluding carboxylic acids is 1. The quantitative estimate of drug-likeness (QED) is 0.478. The van der Waals surface area contributed by atoms with E-state index in [1.54, 1.807) is 7.11 Å². The van der Waals surface area contributed by atoms with Crippen LogP contribution in [0.2, 0.25) is 0 Å². The van der Waals surface area contributed by atoms with Gasteiger partial charge in [0.2, 0.25) is 0 Å². The Morgan fingerprint density at radius 2 is 1.69 bits per heavy atom. The second-order valence-electron chi connectivity index (χ2n) is 8.16. The summed E-state index contributed by atoms with van der Waals surface area (Å²) in [7, 11) is 2.26. The molecule has 2 atom stereocenters. The molecule has 0 amide bonds. The van der Waals surface area contributed by atoms with E-state index in [-0.39, 0.29) is 10.6 Å². The highest BCUT2D eigenvalue weighted by molar-refractivity contribution is 7.48. The van der Waals surface area contributed by atoms with E-state index < -0.39 is 0 Å². The van der Waals surface area contributed by atoms with Gasteiger partial charge in [-0.05, 0) is 24.1 Å². The molecule has 0 heterocycles. The Bertz CT molecular complexity index is 789. The van der Waals surface area contributed by atoms with Crippen LogP contribution >= 0.6 is 8.58 Å². The van der Waals surface area contributed by atoms with Crippen LogP contribution in [-0.4, -0.2) is 13.4 Å². The highest BCUT2D eigenvalue weighted by Crippen LogP contribution is 2.50. The molecule has 3 heteroatoms. The lowest BCUT2D eigenvalue weighted by molar-refractivity contribution is 0.112. The first-order valence-electron chi connectivity index (χ1n) is 9.18. The lowest BCUT2D eigenvalue weighted by atomic mass is 9.81. The van der Waals surface area contributed by atoms with Gasteiger partial charge in [-0.2, -0.15) is 0 Å². The molecule has 0 saturated heterocycles. The summed E-state index contributed by atoms with van der Waals surface area (Å²) < 4.78 is 5.94. The minimum absolute atomic E-state index is 0.00454. The molecule has 2 nitrogen and oxygen atoms in total. The topological polar surface area (TPSA) is 26.3 Å². The summed E-state index contributed by atoms with van der Waals surface area (Å²) in [6.45, 7) is 13.3. The first-order chi connectivity index (χ1) is 12.2. The van der Waals surface area contributed by atoms with Crippen LogP contribution in [0.1, 0.15) is 68.1 Å². The van der Waals surface area contributed by atoms with Crippen LogP contribution < -0.4 is 10.0 Å². The van der Waals surface area contributed by atoms with Crippen molar-refractivity contribution in [3.63, 3.8) is 0 Å². The van der Waals surface area contributed by atoms with Gasteiger partial charge in [-0.25, -0.2) is 0 Å². The van der Waals surface area contributed by atoms with Gasteiger partial charge in [-0.3, -0.25) is 4.79 Å². The predicted octanol–water partition coefficient (Wildman–Crippen LogP) is 5.74. The maximum atomic E-state index is 11.5. The Hall–Kier alpha value is -1.66. The summed E-state index contributed by atoms with van der Waals surface area (Å²) in [5, 5.41) is 1.03. The van der Waals surface area contributed by atoms with Crippen molar-refractivity contribution in [2.24, 2.45) is 0 Å². The molecule has 2 rings (SSSR count). The zero-order valence-electron chi connectivity index (χ0n) is 17.1. The molecule has 0 aliphatic heterocycles. The number of rotatable bonds is 6. The van der Waals surface area contributed by atoms with Gasteiger partial charge in [-0.15, -0.1) is 0 Å². The van der Waals surface area contributed by atoms with Crippen molar-refractivity contribution < 1.29 is 9.53 Å². The van der Waals surface area contributed by atoms with Crippen molar-refractivity contribution in [3.05, 3.63) is 58.7 Å². The fourth-order valence-electron chi connectivity index (χ4n) is 3.32. The Labute approximate surface area is 160 Å². The zero-order valence-corrected chi connectivity index (χ0v) is 18.1. The molecule has 0 aromatic heterocycles. The molecule has 0 spiro atoms. The Kier molecular flexibility index (Phi) is 6.29. The minimum Gasteiger partial charge on any atom is -0.496 e. The summed E-state index contributed by atoms with van der Waals surface area (Å²) in [4.78, 5) is 11.5. The average molecular weight is 370 g/mol. The number of carbonyl (C=O) groups is 1. The van der Waals surface area contributed by atoms with Crippen molar-refractivity contribution in [3.8, 4) is 5.75 Å². The second kappa shape index (κ2) is 7.92. The summed E-state index contributed by atoms with van der Waals surface area (Å²) in [5.74, 6) is 0.989. The normalized spacial score (nSPS) is 14.4. The van der Waals surface area contributed by atoms with E-state index in [2.05, 4.69) is 59.7 Å². The molecule has 0 bridgehead atoms. The first kappa shape index (κ1) is 20.6. The first-order valence-corrected chi connectivity index (χ1v) is 10.2. The van der Waals surface area contributed by atoms with E-state index in [0.717, 1.165) is 29.3 Å². The van der Waals surface area contributed by atoms with Gasteiger partial charge >= 0.3 is 0 Å². The summed E-state index contributed by atoms with van der Waals surface area (Å²) in [6.07, 6.45) is 1.94. The van der Waals surface area contributed by atoms with Crippen LogP contribution in [0.25, 0.3) is 0 Å². The molecule has 0 saturated carbocycles. The second-order valence-corrected chi connectivity index (χ2v) is 10.1. The maximum Gasteiger partial charge on any atom is 0.150 e. The molecule has 0 aliphatic carbocycles. The summed E-state index contributed by atoms with van der Waals surface area (Å²) in [5.41, 5.74) is 4.52. The molecule has 0 aliphatic rings. The Balaban J connectivity index is 2.65. The van der Waals surface area contributed by atoms with Gasteiger partial charge in [0.25, 0.3) is 0 Å². The van der Waals surface area contributed by atoms with Crippen LogP contribution in [0.4, 0.5) is 0 Å². The fraction of sp³-hybridized carbons (Fsp3) is 0.435. The van der Waals surface area contributed by atoms with Crippen LogP contribution in [0.5, 0.6) is 5.75 Å². The van der Waals surface area contributed by atoms with E-state index in [0.29, 0.717) is 8.58 Å². The largest absolute Gasteiger partial charge is 0.496 e. The average Bonchev–Trinajstić information content (AvgIpc) is 2.60. The van der Waals surface area contributed by atoms with Crippen LogP contribution in [0, 0.1) is 6.92 Å². The monoisotopic (exact) mass is 370 g/mol. The molecular weight excluding hydrogens is 339 g/mol. The minimum atomic E-state index is -0.0868. The van der Waals surface area contributed by atoms with Crippen molar-refractivity contribution in [2.75, 3.05) is 7.11 Å². The molecule has 0 N–H and O–H groups in total. The van der Waals surface area contributed by atoms with Crippen molar-refractivity contribution in [2.45, 2.75) is 58.5 Å². The maximum absolute atomic E-state index is 11.5. The third kappa shape index (κ3) is 4.18. The number of hydrogen-bond acceptors (Lipinski definition) is 2. The SMILES string of the molecule is CCC(C)(Pc1ccccc1C=O)c1cc(C)cc(C(C)(C)C)c1OC. The third-order valence-electron chi connectivity index (χ3n) is 5.05. The highest BCUT2D eigenvalue weighted by atomic mass is 31.1. The number of aldehydes is 1. The van der Waals surface area contributed by atoms with Crippen molar-refractivity contribution >= 4 is 20.2 Å². The molecule has 26 heavy (non-hydrogen) atoms. The van der Waals surface area contributed by atoms with E-state index in [4.69, 9.17) is 4.74 Å². The highest BCUT2D eigenvalue weighted by Gasteiger charge is 2.32. The standard InChI is InChI=1S/C23H31O2P/c1-8-23(6,26-20-12-10-9-11-17(20)15-24)19-14-16(2)13-18(21(19)25-7)22(3,4)5/h9-15,26H,8H2,1-7H3. The predicted molar refractivity (Wildman–Crippen MR) is 114 cm³/mol. The zero-order chi connectivity index (χ0) is 19.5. The van der Waals surface area contributed by atoms with Crippen molar-refractivity contribution in [1.82, 2.24) is 0 Å². The summed E-state index contributed by atoms with van der Waals surface area (Å²) >= 11 is 0. The Morgan fingerprint density at radius 3 is 2.23 bits per heavy atom. The van der Waals surface area contributed by atoms with E-state index in [1.165, 1.54) is 16.7 Å². The van der Waals surface area contributed by atoms with E-state index in [1.807, 2.05) is 18.2 Å². The molecule has 2 unspecified atom stereocenters. The number of hydrogen-bond donors (Lipinski definition) is 0. The smallest absolute Gasteiger partial charge is 0.150 e. The number of ether oxygens (including phenoxy) is 1. The lowest BCUT2D eigenvalue weighted by Gasteiger charge is -2.34. The van der Waals surface area contributed by atoms with Gasteiger partial charge in [0.05, 0.1) is 7.11 Å². The van der Waals surface area contributed by atoms with Gasteiger partial charge in [-0.1, -0.05) is 85.2 Å². The number of benzene rings is 2. The van der Waals surface area contributed by atoms with Crippen molar-refractivity contribution in [1.29, 1.82) is 0 Å². The van der Waals surface area contributed by atoms with Crippen LogP contribution in [-0.2, 0) is 10.6 Å². The van der Waals surface area contributed by atoms with Gasteiger partial charge < -0.3 is 4.74 Å². The van der Waals surface area contributed by atoms with Gasteiger partial charge in [0.15, 0.2) is 6.29 Å². The van der Waals surface area contributed by atoms with E-state index >= 15 is 0 Å². The molecular formula is C23H31O2P. The van der Waals surface area contributed by atoms with Gasteiger partial charge in [0.1, 0.15) is 5.75 Å². The van der Waals surface area contributed by atoms with E-state index in [9.17, 15) is 4.79 Å². The summed E-state index contributed by atoms with van der Waals surface area (Å²) in [6, 6.07) is 12.4. The fourth-order valence-corrected chi connectivity index (χ4v) is 4.87. The van der Waals surface area contributed by atoms with Crippen LogP contribution in [0.15, 0.2) is 36.4 Å². The molecule has 2 aromatic carbocycles. The van der Waals surface area contributed by atoms with Crippen LogP contribution in [0.3, 0.4) is 0 Å².